The van der Waals surface area contributed by atoms with E-state index in [2.05, 4.69) is 27.7 Å². The van der Waals surface area contributed by atoms with Gasteiger partial charge >= 0.3 is 5.97 Å². The van der Waals surface area contributed by atoms with Gasteiger partial charge in [-0.25, -0.2) is 9.78 Å². The van der Waals surface area contributed by atoms with Crippen LogP contribution in [0, 0.1) is 0 Å². The molecule has 2 heterocycles. The fraction of sp³-hybridized carbons (Fsp3) is 0.741. The summed E-state index contributed by atoms with van der Waals surface area (Å²) in [5.41, 5.74) is 2.41. The maximum atomic E-state index is 11.4. The Morgan fingerprint density at radius 1 is 1.14 bits per heavy atom. The first-order chi connectivity index (χ1) is 16.8. The molecule has 1 aromatic rings. The van der Waals surface area contributed by atoms with Gasteiger partial charge in [0.25, 0.3) is 0 Å². The Bertz CT molecular complexity index is 712. The lowest BCUT2D eigenvalue weighted by molar-refractivity contribution is -0.141. The van der Waals surface area contributed by atoms with Crippen LogP contribution in [-0.2, 0) is 27.2 Å². The zero-order valence-corrected chi connectivity index (χ0v) is 23.2. The highest BCUT2D eigenvalue weighted by Gasteiger charge is 2.19. The van der Waals surface area contributed by atoms with Gasteiger partial charge in [0.1, 0.15) is 11.9 Å². The monoisotopic (exact) mass is 494 g/mol. The Hall–Kier alpha value is -2.19. The normalized spacial score (nSPS) is 12.9. The van der Waals surface area contributed by atoms with Crippen molar-refractivity contribution in [2.45, 2.75) is 99.1 Å². The van der Waals surface area contributed by atoms with Crippen LogP contribution in [0.15, 0.2) is 12.1 Å². The van der Waals surface area contributed by atoms with E-state index in [4.69, 9.17) is 9.72 Å². The molecule has 8 heteroatoms. The summed E-state index contributed by atoms with van der Waals surface area (Å²) in [6.07, 6.45) is 5.72. The molecule has 0 saturated carbocycles. The van der Waals surface area contributed by atoms with Crippen molar-refractivity contribution in [1.82, 2.24) is 15.2 Å². The number of aryl methyl sites for hydroxylation is 2. The van der Waals surface area contributed by atoms with Gasteiger partial charge in [-0.1, -0.05) is 33.8 Å². The largest absolute Gasteiger partial charge is 0.480 e. The van der Waals surface area contributed by atoms with Gasteiger partial charge in [-0.15, -0.1) is 0 Å². The zero-order chi connectivity index (χ0) is 26.6. The molecule has 1 amide bonds. The standard InChI is InChI=1S/C23H38N4O4.2C2H6/c1-17(2)31-16-15-27(14-11-21(23(29)30)25-18(3)28)13-5-4-8-20-10-9-19-7-6-12-24-22(19)26-20;2*1-2/h9-10,17,21H,4-8,11-16H2,1-3H3,(H,24,26)(H,25,28)(H,29,30);2*1-2H3. The molecule has 1 atom stereocenters. The van der Waals surface area contributed by atoms with E-state index in [1.54, 1.807) is 0 Å². The van der Waals surface area contributed by atoms with E-state index in [-0.39, 0.29) is 12.0 Å². The summed E-state index contributed by atoms with van der Waals surface area (Å²) < 4.78 is 5.67. The van der Waals surface area contributed by atoms with Gasteiger partial charge in [0.05, 0.1) is 12.7 Å². The highest BCUT2D eigenvalue weighted by molar-refractivity contribution is 5.82. The highest BCUT2D eigenvalue weighted by Crippen LogP contribution is 2.20. The molecule has 2 rings (SSSR count). The molecule has 1 aliphatic rings. The number of hydrogen-bond donors (Lipinski definition) is 3. The Kier molecular flexibility index (Phi) is 18.8. The van der Waals surface area contributed by atoms with E-state index >= 15 is 0 Å². The number of carbonyl (C=O) groups excluding carboxylic acids is 1. The first kappa shape index (κ1) is 32.8. The molecule has 8 nitrogen and oxygen atoms in total. The molecule has 0 spiro atoms. The highest BCUT2D eigenvalue weighted by atomic mass is 16.5. The van der Waals surface area contributed by atoms with Gasteiger partial charge in [-0.3, -0.25) is 4.79 Å². The molecule has 0 radical (unpaired) electrons. The molecule has 35 heavy (non-hydrogen) atoms. The van der Waals surface area contributed by atoms with Gasteiger partial charge in [-0.2, -0.15) is 0 Å². The number of aromatic nitrogens is 1. The van der Waals surface area contributed by atoms with Crippen LogP contribution in [-0.4, -0.2) is 71.8 Å². The predicted octanol–water partition coefficient (Wildman–Crippen LogP) is 4.52. The molecule has 1 unspecified atom stereocenters. The van der Waals surface area contributed by atoms with E-state index in [0.29, 0.717) is 19.6 Å². The van der Waals surface area contributed by atoms with E-state index in [1.165, 1.54) is 12.5 Å². The minimum absolute atomic E-state index is 0.164. The number of amides is 1. The summed E-state index contributed by atoms with van der Waals surface area (Å²) in [5, 5.41) is 15.2. The molecule has 1 aromatic heterocycles. The lowest BCUT2D eigenvalue weighted by Crippen LogP contribution is -2.42. The molecule has 0 bridgehead atoms. The van der Waals surface area contributed by atoms with Gasteiger partial charge < -0.3 is 25.4 Å². The van der Waals surface area contributed by atoms with Crippen molar-refractivity contribution in [3.05, 3.63) is 23.4 Å². The first-order valence-corrected chi connectivity index (χ1v) is 13.4. The number of anilines is 1. The lowest BCUT2D eigenvalue weighted by Gasteiger charge is -2.24. The molecular formula is C27H50N4O4. The van der Waals surface area contributed by atoms with Crippen molar-refractivity contribution >= 4 is 17.7 Å². The van der Waals surface area contributed by atoms with Crippen molar-refractivity contribution < 1.29 is 19.4 Å². The second-order valence-electron chi connectivity index (χ2n) is 8.44. The first-order valence-electron chi connectivity index (χ1n) is 13.4. The minimum atomic E-state index is -0.999. The molecule has 1 aliphatic heterocycles. The number of aliphatic carboxylic acids is 1. The predicted molar refractivity (Wildman–Crippen MR) is 144 cm³/mol. The average molecular weight is 495 g/mol. The number of carbonyl (C=O) groups is 2. The van der Waals surface area contributed by atoms with Crippen molar-refractivity contribution in [2.24, 2.45) is 0 Å². The maximum Gasteiger partial charge on any atom is 0.326 e. The van der Waals surface area contributed by atoms with Crippen LogP contribution in [0.5, 0.6) is 0 Å². The van der Waals surface area contributed by atoms with Crippen LogP contribution in [0.3, 0.4) is 0 Å². The number of carboxylic acids is 1. The minimum Gasteiger partial charge on any atom is -0.480 e. The third-order valence-electron chi connectivity index (χ3n) is 5.38. The van der Waals surface area contributed by atoms with E-state index < -0.39 is 12.0 Å². The summed E-state index contributed by atoms with van der Waals surface area (Å²) in [5.74, 6) is -0.288. The van der Waals surface area contributed by atoms with Crippen LogP contribution in [0.4, 0.5) is 5.82 Å². The van der Waals surface area contributed by atoms with Gasteiger partial charge in [0, 0.05) is 32.3 Å². The van der Waals surface area contributed by atoms with E-state index in [0.717, 1.165) is 63.3 Å². The van der Waals surface area contributed by atoms with Crippen LogP contribution in [0.1, 0.15) is 85.4 Å². The molecular weight excluding hydrogens is 444 g/mol. The molecule has 0 fully saturated rings. The van der Waals surface area contributed by atoms with Crippen LogP contribution in [0.25, 0.3) is 0 Å². The third-order valence-corrected chi connectivity index (χ3v) is 5.38. The molecule has 202 valence electrons. The van der Waals surface area contributed by atoms with Gasteiger partial charge in [0.2, 0.25) is 5.91 Å². The number of nitrogens with one attached hydrogen (secondary N) is 2. The number of hydrogen-bond acceptors (Lipinski definition) is 6. The summed E-state index contributed by atoms with van der Waals surface area (Å²) in [6.45, 7) is 17.1. The Morgan fingerprint density at radius 2 is 1.86 bits per heavy atom. The topological polar surface area (TPSA) is 104 Å². The van der Waals surface area contributed by atoms with Crippen LogP contribution in [0.2, 0.25) is 0 Å². The molecule has 0 aromatic carbocycles. The molecule has 3 N–H and O–H groups in total. The van der Waals surface area contributed by atoms with Gasteiger partial charge in [-0.05, 0) is 70.5 Å². The Morgan fingerprint density at radius 3 is 2.49 bits per heavy atom. The van der Waals surface area contributed by atoms with Crippen molar-refractivity contribution in [2.75, 3.05) is 38.1 Å². The van der Waals surface area contributed by atoms with E-state index in [9.17, 15) is 14.7 Å². The fourth-order valence-electron chi connectivity index (χ4n) is 3.72. The SMILES string of the molecule is CC.CC.CC(=O)NC(CCN(CCCCc1ccc2c(n1)NCCC2)CCOC(C)C)C(=O)O. The van der Waals surface area contributed by atoms with Crippen molar-refractivity contribution in [1.29, 1.82) is 0 Å². The molecule has 0 saturated heterocycles. The fourth-order valence-corrected chi connectivity index (χ4v) is 3.72. The van der Waals surface area contributed by atoms with Crippen LogP contribution < -0.4 is 10.6 Å². The smallest absolute Gasteiger partial charge is 0.326 e. The quantitative estimate of drug-likeness (QED) is 0.327. The number of ether oxygens (including phenoxy) is 1. The number of rotatable bonds is 14. The summed E-state index contributed by atoms with van der Waals surface area (Å²) in [7, 11) is 0. The second-order valence-corrected chi connectivity index (χ2v) is 8.44. The van der Waals surface area contributed by atoms with Gasteiger partial charge in [0.15, 0.2) is 0 Å². The lowest BCUT2D eigenvalue weighted by atomic mass is 10.1. The number of pyridine rings is 1. The maximum absolute atomic E-state index is 11.4. The number of unbranched alkanes of at least 4 members (excludes halogenated alkanes) is 1. The van der Waals surface area contributed by atoms with Crippen molar-refractivity contribution in [3.63, 3.8) is 0 Å². The number of nitrogens with zero attached hydrogens (tertiary/aromatic N) is 2. The van der Waals surface area contributed by atoms with Crippen molar-refractivity contribution in [3.8, 4) is 0 Å². The Balaban J connectivity index is 0.00000274. The Labute approximate surface area is 213 Å². The van der Waals surface area contributed by atoms with E-state index in [1.807, 2.05) is 41.5 Å². The molecule has 0 aliphatic carbocycles. The second kappa shape index (κ2) is 20.0. The number of carboxylic acid groups (broad SMARTS) is 1. The zero-order valence-electron chi connectivity index (χ0n) is 23.2. The summed E-state index contributed by atoms with van der Waals surface area (Å²) >= 11 is 0. The number of fused-ring (bicyclic) bond motifs is 1. The van der Waals surface area contributed by atoms with Crippen LogP contribution >= 0.6 is 0 Å². The third kappa shape index (κ3) is 14.7. The summed E-state index contributed by atoms with van der Waals surface area (Å²) in [4.78, 5) is 29.6. The average Bonchev–Trinajstić information content (AvgIpc) is 2.85. The summed E-state index contributed by atoms with van der Waals surface area (Å²) in [6, 6.07) is 3.46.